The summed E-state index contributed by atoms with van der Waals surface area (Å²) < 4.78 is 31.8. The van der Waals surface area contributed by atoms with Crippen molar-refractivity contribution >= 4 is 17.6 Å². The highest BCUT2D eigenvalue weighted by Gasteiger charge is 2.12. The number of aryl methyl sites for hydroxylation is 2. The molecule has 0 saturated heterocycles. The number of carboxylic acids is 1. The van der Waals surface area contributed by atoms with Gasteiger partial charge in [0.25, 0.3) is 0 Å². The van der Waals surface area contributed by atoms with Crippen LogP contribution in [0.1, 0.15) is 17.5 Å². The third kappa shape index (κ3) is 6.52. The summed E-state index contributed by atoms with van der Waals surface area (Å²) in [6.07, 6.45) is 0.539. The van der Waals surface area contributed by atoms with E-state index in [2.05, 4.69) is 0 Å². The second-order valence-corrected chi connectivity index (χ2v) is 8.22. The van der Waals surface area contributed by atoms with Crippen molar-refractivity contribution < 1.29 is 28.5 Å². The number of benzene rings is 4. The van der Waals surface area contributed by atoms with Crippen molar-refractivity contribution in [1.29, 1.82) is 0 Å². The predicted octanol–water partition coefficient (Wildman–Crippen LogP) is 8.18. The molecule has 4 aromatic rings. The molecule has 0 saturated carbocycles. The number of carboxylic acid groups (broad SMARTS) is 1. The summed E-state index contributed by atoms with van der Waals surface area (Å²) in [5.41, 5.74) is 1.91. The number of carbonyl (C=O) groups is 1. The number of rotatable bonds is 9. The van der Waals surface area contributed by atoms with E-state index in [-0.39, 0.29) is 17.9 Å². The van der Waals surface area contributed by atoms with Gasteiger partial charge < -0.3 is 19.3 Å². The van der Waals surface area contributed by atoms with Crippen LogP contribution >= 0.6 is 11.6 Å². The maximum absolute atomic E-state index is 14.1. The smallest absolute Gasteiger partial charge is 0.303 e. The lowest BCUT2D eigenvalue weighted by atomic mass is 10.0. The van der Waals surface area contributed by atoms with Gasteiger partial charge in [-0.2, -0.15) is 0 Å². The van der Waals surface area contributed by atoms with Gasteiger partial charge in [-0.05, 0) is 73.0 Å². The molecule has 0 radical (unpaired) electrons. The monoisotopic (exact) mass is 492 g/mol. The van der Waals surface area contributed by atoms with Crippen LogP contribution in [-0.2, 0) is 11.2 Å². The van der Waals surface area contributed by atoms with Crippen LogP contribution in [0.2, 0.25) is 5.02 Å². The van der Waals surface area contributed by atoms with E-state index >= 15 is 0 Å². The second-order valence-electron chi connectivity index (χ2n) is 7.78. The molecule has 0 aliphatic carbocycles. The summed E-state index contributed by atoms with van der Waals surface area (Å²) in [5.74, 6) is 0.995. The Hall–Kier alpha value is -4.03. The Labute approximate surface area is 207 Å². The van der Waals surface area contributed by atoms with Crippen molar-refractivity contribution in [2.24, 2.45) is 0 Å². The number of para-hydroxylation sites is 1. The summed E-state index contributed by atoms with van der Waals surface area (Å²) >= 11 is 6.12. The Morgan fingerprint density at radius 3 is 2.29 bits per heavy atom. The SMILES string of the molecule is Cc1cc(Oc2cccc(Oc3ccc(Cl)cc3Oc3ccccc3F)c2)ccc1CCC(=O)O. The fraction of sp³-hybridized carbons (Fsp3) is 0.107. The number of ether oxygens (including phenoxy) is 3. The predicted molar refractivity (Wildman–Crippen MR) is 132 cm³/mol. The van der Waals surface area contributed by atoms with E-state index < -0.39 is 11.8 Å². The lowest BCUT2D eigenvalue weighted by molar-refractivity contribution is -0.136. The van der Waals surface area contributed by atoms with Gasteiger partial charge in [0.2, 0.25) is 0 Å². The molecule has 0 bridgehead atoms. The van der Waals surface area contributed by atoms with Crippen LogP contribution in [0.15, 0.2) is 84.9 Å². The molecule has 7 heteroatoms. The molecule has 1 N–H and O–H groups in total. The van der Waals surface area contributed by atoms with Crippen LogP contribution in [0.25, 0.3) is 0 Å². The van der Waals surface area contributed by atoms with Crippen molar-refractivity contribution in [2.75, 3.05) is 0 Å². The van der Waals surface area contributed by atoms with E-state index in [0.29, 0.717) is 34.4 Å². The first-order valence-electron chi connectivity index (χ1n) is 10.9. The average molecular weight is 493 g/mol. The summed E-state index contributed by atoms with van der Waals surface area (Å²) in [6, 6.07) is 23.5. The second kappa shape index (κ2) is 10.9. The zero-order chi connectivity index (χ0) is 24.8. The molecule has 4 aromatic carbocycles. The number of hydrogen-bond acceptors (Lipinski definition) is 4. The number of halogens is 2. The molecule has 0 heterocycles. The first-order chi connectivity index (χ1) is 16.9. The molecular formula is C28H22ClFO5. The van der Waals surface area contributed by atoms with E-state index in [1.165, 1.54) is 12.1 Å². The van der Waals surface area contributed by atoms with Gasteiger partial charge in [0.1, 0.15) is 17.2 Å². The zero-order valence-corrected chi connectivity index (χ0v) is 19.6. The molecule has 0 fully saturated rings. The summed E-state index contributed by atoms with van der Waals surface area (Å²) in [7, 11) is 0. The van der Waals surface area contributed by atoms with E-state index in [0.717, 1.165) is 11.1 Å². The first-order valence-corrected chi connectivity index (χ1v) is 11.2. The average Bonchev–Trinajstić information content (AvgIpc) is 2.82. The highest BCUT2D eigenvalue weighted by molar-refractivity contribution is 6.30. The Bertz CT molecular complexity index is 1360. The minimum atomic E-state index is -0.829. The minimum absolute atomic E-state index is 0.0545. The quantitative estimate of drug-likeness (QED) is 0.255. The van der Waals surface area contributed by atoms with E-state index in [9.17, 15) is 9.18 Å². The van der Waals surface area contributed by atoms with E-state index in [1.54, 1.807) is 60.7 Å². The first kappa shape index (κ1) is 24.1. The highest BCUT2D eigenvalue weighted by atomic mass is 35.5. The lowest BCUT2D eigenvalue weighted by Crippen LogP contribution is -1.99. The largest absolute Gasteiger partial charge is 0.481 e. The molecule has 0 unspecified atom stereocenters. The molecule has 0 aliphatic rings. The van der Waals surface area contributed by atoms with Gasteiger partial charge in [0.05, 0.1) is 0 Å². The molecule has 4 rings (SSSR count). The molecule has 0 spiro atoms. The molecule has 0 aromatic heterocycles. The Kier molecular flexibility index (Phi) is 7.53. The van der Waals surface area contributed by atoms with Gasteiger partial charge in [-0.15, -0.1) is 0 Å². The molecule has 0 atom stereocenters. The van der Waals surface area contributed by atoms with Crippen LogP contribution in [-0.4, -0.2) is 11.1 Å². The molecule has 0 amide bonds. The van der Waals surface area contributed by atoms with E-state index in [1.807, 2.05) is 19.1 Å². The summed E-state index contributed by atoms with van der Waals surface area (Å²) in [5, 5.41) is 9.32. The van der Waals surface area contributed by atoms with Gasteiger partial charge in [0, 0.05) is 23.6 Å². The maximum Gasteiger partial charge on any atom is 0.303 e. The molecule has 35 heavy (non-hydrogen) atoms. The third-order valence-electron chi connectivity index (χ3n) is 5.15. The highest BCUT2D eigenvalue weighted by Crippen LogP contribution is 2.38. The normalized spacial score (nSPS) is 10.6. The maximum atomic E-state index is 14.1. The van der Waals surface area contributed by atoms with Gasteiger partial charge in [0.15, 0.2) is 23.1 Å². The fourth-order valence-corrected chi connectivity index (χ4v) is 3.57. The minimum Gasteiger partial charge on any atom is -0.481 e. The molecule has 0 aliphatic heterocycles. The van der Waals surface area contributed by atoms with E-state index in [4.69, 9.17) is 30.9 Å². The molecule has 178 valence electrons. The van der Waals surface area contributed by atoms with Gasteiger partial charge in [-0.3, -0.25) is 4.79 Å². The van der Waals surface area contributed by atoms with Crippen molar-refractivity contribution in [1.82, 2.24) is 0 Å². The van der Waals surface area contributed by atoms with Crippen LogP contribution in [0, 0.1) is 12.7 Å². The van der Waals surface area contributed by atoms with Crippen LogP contribution in [0.5, 0.6) is 34.5 Å². The van der Waals surface area contributed by atoms with Crippen LogP contribution < -0.4 is 14.2 Å². The van der Waals surface area contributed by atoms with Gasteiger partial charge in [-0.1, -0.05) is 35.9 Å². The number of aliphatic carboxylic acids is 1. The van der Waals surface area contributed by atoms with Crippen molar-refractivity contribution in [3.05, 3.63) is 107 Å². The topological polar surface area (TPSA) is 65.0 Å². The number of hydrogen-bond donors (Lipinski definition) is 1. The summed E-state index contributed by atoms with van der Waals surface area (Å²) in [6.45, 7) is 1.92. The fourth-order valence-electron chi connectivity index (χ4n) is 3.41. The van der Waals surface area contributed by atoms with Crippen LogP contribution in [0.3, 0.4) is 0 Å². The summed E-state index contributed by atoms with van der Waals surface area (Å²) in [4.78, 5) is 10.8. The standard InChI is InChI=1S/C28H22ClFO5/c1-18-15-23(12-9-19(18)10-14-28(31)32)33-21-5-4-6-22(17-21)34-26-13-11-20(29)16-27(26)35-25-8-3-2-7-24(25)30/h2-9,11-13,15-17H,10,14H2,1H3,(H,31,32). The molecule has 5 nitrogen and oxygen atoms in total. The van der Waals surface area contributed by atoms with Crippen molar-refractivity contribution in [2.45, 2.75) is 19.8 Å². The Balaban J connectivity index is 1.51. The lowest BCUT2D eigenvalue weighted by Gasteiger charge is -2.14. The van der Waals surface area contributed by atoms with Gasteiger partial charge >= 0.3 is 5.97 Å². The Morgan fingerprint density at radius 2 is 1.54 bits per heavy atom. The van der Waals surface area contributed by atoms with Crippen molar-refractivity contribution in [3.8, 4) is 34.5 Å². The van der Waals surface area contributed by atoms with Crippen LogP contribution in [0.4, 0.5) is 4.39 Å². The molecular weight excluding hydrogens is 471 g/mol. The Morgan fingerprint density at radius 1 is 0.800 bits per heavy atom. The van der Waals surface area contributed by atoms with Crippen molar-refractivity contribution in [3.63, 3.8) is 0 Å². The van der Waals surface area contributed by atoms with Gasteiger partial charge in [-0.25, -0.2) is 4.39 Å². The zero-order valence-electron chi connectivity index (χ0n) is 18.8. The third-order valence-corrected chi connectivity index (χ3v) is 5.39.